The van der Waals surface area contributed by atoms with E-state index in [1.54, 1.807) is 12.4 Å². The van der Waals surface area contributed by atoms with Crippen LogP contribution in [0.25, 0.3) is 0 Å². The van der Waals surface area contributed by atoms with Crippen molar-refractivity contribution < 1.29 is 9.53 Å². The Kier molecular flexibility index (Phi) is 5.14. The Morgan fingerprint density at radius 2 is 1.95 bits per heavy atom. The average Bonchev–Trinajstić information content (AvgIpc) is 2.57. The number of pyridine rings is 1. The quantitative estimate of drug-likeness (QED) is 0.934. The molecule has 1 aromatic rings. The molecule has 3 rings (SSSR count). The zero-order valence-corrected chi connectivity index (χ0v) is 13.0. The first-order valence-corrected chi connectivity index (χ1v) is 8.43. The SMILES string of the molecule is O=C(NC1CCCCC1)N1CCC(Oc2cccnc2)CC1. The highest BCUT2D eigenvalue weighted by molar-refractivity contribution is 5.74. The minimum atomic E-state index is 0.103. The van der Waals surface area contributed by atoms with E-state index >= 15 is 0 Å². The number of hydrogen-bond donors (Lipinski definition) is 1. The molecule has 1 aliphatic carbocycles. The van der Waals surface area contributed by atoms with Gasteiger partial charge in [-0.15, -0.1) is 0 Å². The van der Waals surface area contributed by atoms with Crippen LogP contribution in [0.15, 0.2) is 24.5 Å². The first kappa shape index (κ1) is 15.1. The van der Waals surface area contributed by atoms with Crippen LogP contribution < -0.4 is 10.1 Å². The molecular weight excluding hydrogens is 278 g/mol. The molecule has 120 valence electrons. The van der Waals surface area contributed by atoms with E-state index in [0.717, 1.165) is 44.5 Å². The second kappa shape index (κ2) is 7.47. The van der Waals surface area contributed by atoms with Crippen LogP contribution in [0, 0.1) is 0 Å². The molecule has 0 bridgehead atoms. The number of likely N-dealkylation sites (tertiary alicyclic amines) is 1. The molecule has 0 spiro atoms. The van der Waals surface area contributed by atoms with Crippen molar-refractivity contribution in [3.8, 4) is 5.75 Å². The number of piperidine rings is 1. The van der Waals surface area contributed by atoms with Crippen molar-refractivity contribution in [2.75, 3.05) is 13.1 Å². The zero-order valence-electron chi connectivity index (χ0n) is 13.0. The van der Waals surface area contributed by atoms with Crippen molar-refractivity contribution in [2.24, 2.45) is 0 Å². The molecule has 2 amide bonds. The molecule has 5 nitrogen and oxygen atoms in total. The molecule has 0 radical (unpaired) electrons. The summed E-state index contributed by atoms with van der Waals surface area (Å²) in [7, 11) is 0. The zero-order chi connectivity index (χ0) is 15.2. The Balaban J connectivity index is 1.42. The highest BCUT2D eigenvalue weighted by Gasteiger charge is 2.25. The average molecular weight is 303 g/mol. The fourth-order valence-corrected chi connectivity index (χ4v) is 3.30. The summed E-state index contributed by atoms with van der Waals surface area (Å²) in [6.45, 7) is 1.53. The fourth-order valence-electron chi connectivity index (χ4n) is 3.30. The van der Waals surface area contributed by atoms with Crippen LogP contribution in [0.4, 0.5) is 4.79 Å². The van der Waals surface area contributed by atoms with Gasteiger partial charge in [-0.2, -0.15) is 0 Å². The molecule has 0 unspecified atom stereocenters. The summed E-state index contributed by atoms with van der Waals surface area (Å²) in [5.74, 6) is 0.813. The molecule has 1 N–H and O–H groups in total. The number of nitrogens with one attached hydrogen (secondary N) is 1. The van der Waals surface area contributed by atoms with Crippen molar-refractivity contribution in [1.29, 1.82) is 0 Å². The van der Waals surface area contributed by atoms with Crippen molar-refractivity contribution in [3.05, 3.63) is 24.5 Å². The number of hydrogen-bond acceptors (Lipinski definition) is 3. The topological polar surface area (TPSA) is 54.5 Å². The molecule has 22 heavy (non-hydrogen) atoms. The van der Waals surface area contributed by atoms with Gasteiger partial charge in [-0.1, -0.05) is 19.3 Å². The Labute approximate surface area is 132 Å². The minimum absolute atomic E-state index is 0.103. The summed E-state index contributed by atoms with van der Waals surface area (Å²) in [5.41, 5.74) is 0. The van der Waals surface area contributed by atoms with Crippen LogP contribution in [0.5, 0.6) is 5.75 Å². The first-order chi connectivity index (χ1) is 10.8. The number of aromatic nitrogens is 1. The van der Waals surface area contributed by atoms with E-state index in [1.807, 2.05) is 17.0 Å². The number of nitrogens with zero attached hydrogens (tertiary/aromatic N) is 2. The molecule has 1 saturated heterocycles. The van der Waals surface area contributed by atoms with Crippen LogP contribution in [0.2, 0.25) is 0 Å². The summed E-state index contributed by atoms with van der Waals surface area (Å²) >= 11 is 0. The van der Waals surface area contributed by atoms with Gasteiger partial charge in [-0.25, -0.2) is 4.79 Å². The molecule has 1 saturated carbocycles. The fraction of sp³-hybridized carbons (Fsp3) is 0.647. The number of ether oxygens (including phenoxy) is 1. The number of carbonyl (C=O) groups excluding carboxylic acids is 1. The minimum Gasteiger partial charge on any atom is -0.489 e. The van der Waals surface area contributed by atoms with Gasteiger partial charge in [-0.05, 0) is 25.0 Å². The molecule has 0 aromatic carbocycles. The Morgan fingerprint density at radius 3 is 2.64 bits per heavy atom. The third kappa shape index (κ3) is 4.12. The maximum atomic E-state index is 12.3. The Hall–Kier alpha value is -1.78. The second-order valence-electron chi connectivity index (χ2n) is 6.28. The van der Waals surface area contributed by atoms with E-state index < -0.39 is 0 Å². The number of carbonyl (C=O) groups is 1. The predicted molar refractivity (Wildman–Crippen MR) is 84.9 cm³/mol. The largest absolute Gasteiger partial charge is 0.489 e. The van der Waals surface area contributed by atoms with E-state index in [0.29, 0.717) is 6.04 Å². The highest BCUT2D eigenvalue weighted by atomic mass is 16.5. The normalized spacial score (nSPS) is 20.6. The van der Waals surface area contributed by atoms with Crippen molar-refractivity contribution >= 4 is 6.03 Å². The molecule has 1 aliphatic heterocycles. The molecule has 2 aliphatic rings. The van der Waals surface area contributed by atoms with E-state index in [9.17, 15) is 4.79 Å². The number of rotatable bonds is 3. The molecule has 2 fully saturated rings. The molecular formula is C17H25N3O2. The van der Waals surface area contributed by atoms with E-state index in [4.69, 9.17) is 4.74 Å². The number of amides is 2. The van der Waals surface area contributed by atoms with Crippen LogP contribution in [-0.4, -0.2) is 41.2 Å². The molecule has 2 heterocycles. The first-order valence-electron chi connectivity index (χ1n) is 8.43. The Bertz CT molecular complexity index is 466. The standard InChI is InChI=1S/C17H25N3O2/c21-17(19-14-5-2-1-3-6-14)20-11-8-15(9-12-20)22-16-7-4-10-18-13-16/h4,7,10,13-15H,1-3,5-6,8-9,11-12H2,(H,19,21). The monoisotopic (exact) mass is 303 g/mol. The van der Waals surface area contributed by atoms with Gasteiger partial charge in [0, 0.05) is 38.2 Å². The van der Waals surface area contributed by atoms with Crippen LogP contribution in [0.1, 0.15) is 44.9 Å². The lowest BCUT2D eigenvalue weighted by atomic mass is 9.96. The van der Waals surface area contributed by atoms with Crippen LogP contribution in [-0.2, 0) is 0 Å². The smallest absolute Gasteiger partial charge is 0.317 e. The summed E-state index contributed by atoms with van der Waals surface area (Å²) in [6.07, 6.45) is 11.5. The molecule has 1 aromatic heterocycles. The Morgan fingerprint density at radius 1 is 1.18 bits per heavy atom. The van der Waals surface area contributed by atoms with Gasteiger partial charge >= 0.3 is 6.03 Å². The maximum absolute atomic E-state index is 12.3. The van der Waals surface area contributed by atoms with Crippen molar-refractivity contribution in [1.82, 2.24) is 15.2 Å². The van der Waals surface area contributed by atoms with Gasteiger partial charge in [-0.3, -0.25) is 4.98 Å². The van der Waals surface area contributed by atoms with Gasteiger partial charge in [0.05, 0.1) is 6.20 Å². The summed E-state index contributed by atoms with van der Waals surface area (Å²) in [5, 5.41) is 3.19. The van der Waals surface area contributed by atoms with Crippen molar-refractivity contribution in [3.63, 3.8) is 0 Å². The van der Waals surface area contributed by atoms with E-state index in [2.05, 4.69) is 10.3 Å². The third-order valence-electron chi connectivity index (χ3n) is 4.60. The lowest BCUT2D eigenvalue weighted by Crippen LogP contribution is -2.49. The molecule has 5 heteroatoms. The van der Waals surface area contributed by atoms with E-state index in [-0.39, 0.29) is 12.1 Å². The van der Waals surface area contributed by atoms with Crippen LogP contribution >= 0.6 is 0 Å². The lowest BCUT2D eigenvalue weighted by Gasteiger charge is -2.34. The lowest BCUT2D eigenvalue weighted by molar-refractivity contribution is 0.109. The summed E-state index contributed by atoms with van der Waals surface area (Å²) in [4.78, 5) is 18.3. The predicted octanol–water partition coefficient (Wildman–Crippen LogP) is 2.97. The molecule has 0 atom stereocenters. The highest BCUT2D eigenvalue weighted by Crippen LogP contribution is 2.20. The van der Waals surface area contributed by atoms with Gasteiger partial charge in [0.1, 0.15) is 11.9 Å². The maximum Gasteiger partial charge on any atom is 0.317 e. The number of urea groups is 1. The van der Waals surface area contributed by atoms with Gasteiger partial charge in [0.25, 0.3) is 0 Å². The van der Waals surface area contributed by atoms with E-state index in [1.165, 1.54) is 19.3 Å². The third-order valence-corrected chi connectivity index (χ3v) is 4.60. The van der Waals surface area contributed by atoms with Gasteiger partial charge < -0.3 is 15.0 Å². The summed E-state index contributed by atoms with van der Waals surface area (Å²) in [6, 6.07) is 4.29. The summed E-state index contributed by atoms with van der Waals surface area (Å²) < 4.78 is 5.91. The second-order valence-corrected chi connectivity index (χ2v) is 6.28. The van der Waals surface area contributed by atoms with Crippen molar-refractivity contribution in [2.45, 2.75) is 57.1 Å². The van der Waals surface area contributed by atoms with Crippen LogP contribution in [0.3, 0.4) is 0 Å². The van der Waals surface area contributed by atoms with Gasteiger partial charge in [0.15, 0.2) is 0 Å². The van der Waals surface area contributed by atoms with Gasteiger partial charge in [0.2, 0.25) is 0 Å².